The standard InChI is InChI=1S/C14H19N3OS/c1-18-7-6-17-11-15-9-12(17)10-16-5-4-13(16)14-3-2-8-19-14/h2-3,8-9,11,13H,4-7,10H2,1H3/t13-/m1/s1. The van der Waals surface area contributed by atoms with Gasteiger partial charge in [0, 0.05) is 43.9 Å². The van der Waals surface area contributed by atoms with Crippen molar-refractivity contribution in [2.75, 3.05) is 20.3 Å². The van der Waals surface area contributed by atoms with Gasteiger partial charge in [-0.2, -0.15) is 0 Å². The molecule has 0 N–H and O–H groups in total. The first-order valence-electron chi connectivity index (χ1n) is 6.64. The minimum Gasteiger partial charge on any atom is -0.383 e. The van der Waals surface area contributed by atoms with Crippen LogP contribution < -0.4 is 0 Å². The topological polar surface area (TPSA) is 30.3 Å². The second-order valence-corrected chi connectivity index (χ2v) is 5.84. The van der Waals surface area contributed by atoms with Crippen LogP contribution >= 0.6 is 11.3 Å². The lowest BCUT2D eigenvalue weighted by Gasteiger charge is -2.40. The molecule has 2 aromatic rings. The molecule has 19 heavy (non-hydrogen) atoms. The van der Waals surface area contributed by atoms with Gasteiger partial charge in [-0.1, -0.05) is 6.07 Å². The predicted octanol–water partition coefficient (Wildman–Crippen LogP) is 2.54. The predicted molar refractivity (Wildman–Crippen MR) is 76.2 cm³/mol. The van der Waals surface area contributed by atoms with Crippen LogP contribution in [0.2, 0.25) is 0 Å². The molecule has 0 spiro atoms. The van der Waals surface area contributed by atoms with E-state index in [2.05, 4.69) is 32.0 Å². The molecule has 102 valence electrons. The minimum atomic E-state index is 0.603. The highest BCUT2D eigenvalue weighted by molar-refractivity contribution is 7.10. The lowest BCUT2D eigenvalue weighted by Crippen LogP contribution is -2.40. The summed E-state index contributed by atoms with van der Waals surface area (Å²) >= 11 is 1.86. The van der Waals surface area contributed by atoms with Gasteiger partial charge in [0.05, 0.1) is 18.6 Å². The molecule has 1 atom stereocenters. The third kappa shape index (κ3) is 2.73. The molecule has 0 radical (unpaired) electrons. The summed E-state index contributed by atoms with van der Waals surface area (Å²) in [6.07, 6.45) is 5.14. The van der Waals surface area contributed by atoms with E-state index in [0.717, 1.165) is 19.7 Å². The Morgan fingerprint density at radius 1 is 1.53 bits per heavy atom. The molecule has 3 heterocycles. The van der Waals surface area contributed by atoms with Crippen LogP contribution in [0, 0.1) is 0 Å². The summed E-state index contributed by atoms with van der Waals surface area (Å²) in [7, 11) is 1.73. The number of imidazole rings is 1. The van der Waals surface area contributed by atoms with Crippen molar-refractivity contribution >= 4 is 11.3 Å². The Morgan fingerprint density at radius 2 is 2.47 bits per heavy atom. The molecule has 0 amide bonds. The molecule has 0 unspecified atom stereocenters. The smallest absolute Gasteiger partial charge is 0.0949 e. The van der Waals surface area contributed by atoms with Crippen molar-refractivity contribution in [1.82, 2.24) is 14.5 Å². The zero-order valence-corrected chi connectivity index (χ0v) is 12.0. The van der Waals surface area contributed by atoms with Crippen molar-refractivity contribution in [3.63, 3.8) is 0 Å². The SMILES string of the molecule is COCCn1cncc1CN1CC[C@@H]1c1cccs1. The average molecular weight is 277 g/mol. The van der Waals surface area contributed by atoms with E-state index in [4.69, 9.17) is 4.74 Å². The van der Waals surface area contributed by atoms with E-state index in [-0.39, 0.29) is 0 Å². The number of thiophene rings is 1. The summed E-state index contributed by atoms with van der Waals surface area (Å²) in [4.78, 5) is 8.26. The minimum absolute atomic E-state index is 0.603. The second-order valence-electron chi connectivity index (χ2n) is 4.86. The Bertz CT molecular complexity index is 509. The molecule has 0 bridgehead atoms. The fourth-order valence-electron chi connectivity index (χ4n) is 2.51. The highest BCUT2D eigenvalue weighted by Gasteiger charge is 2.30. The Morgan fingerprint density at radius 3 is 3.16 bits per heavy atom. The first kappa shape index (κ1) is 12.8. The van der Waals surface area contributed by atoms with Crippen LogP contribution in [-0.2, 0) is 17.8 Å². The van der Waals surface area contributed by atoms with Crippen molar-refractivity contribution in [2.45, 2.75) is 25.6 Å². The van der Waals surface area contributed by atoms with Gasteiger partial charge in [-0.05, 0) is 17.9 Å². The van der Waals surface area contributed by atoms with Crippen LogP contribution in [0.3, 0.4) is 0 Å². The molecule has 5 heteroatoms. The van der Waals surface area contributed by atoms with Crippen LogP contribution in [0.15, 0.2) is 30.0 Å². The van der Waals surface area contributed by atoms with Gasteiger partial charge in [-0.25, -0.2) is 4.98 Å². The highest BCUT2D eigenvalue weighted by Crippen LogP contribution is 2.36. The molecule has 3 rings (SSSR count). The van der Waals surface area contributed by atoms with E-state index >= 15 is 0 Å². The average Bonchev–Trinajstić information content (AvgIpc) is 3.03. The van der Waals surface area contributed by atoms with Crippen LogP contribution in [0.1, 0.15) is 23.0 Å². The molecule has 4 nitrogen and oxygen atoms in total. The summed E-state index contributed by atoms with van der Waals surface area (Å²) in [5.74, 6) is 0. The fraction of sp³-hybridized carbons (Fsp3) is 0.500. The van der Waals surface area contributed by atoms with E-state index in [1.807, 2.05) is 23.9 Å². The first-order valence-corrected chi connectivity index (χ1v) is 7.52. The number of rotatable bonds is 6. The van der Waals surface area contributed by atoms with Gasteiger partial charge in [0.2, 0.25) is 0 Å². The van der Waals surface area contributed by atoms with Crippen molar-refractivity contribution in [3.8, 4) is 0 Å². The summed E-state index contributed by atoms with van der Waals surface area (Å²) in [5.41, 5.74) is 1.28. The molecule has 0 saturated carbocycles. The zero-order chi connectivity index (χ0) is 13.1. The van der Waals surface area contributed by atoms with E-state index in [9.17, 15) is 0 Å². The largest absolute Gasteiger partial charge is 0.383 e. The highest BCUT2D eigenvalue weighted by atomic mass is 32.1. The number of ether oxygens (including phenoxy) is 1. The Kier molecular flexibility index (Phi) is 3.96. The normalized spacial score (nSPS) is 19.5. The first-order chi connectivity index (χ1) is 9.38. The Hall–Kier alpha value is -1.17. The molecule has 2 aromatic heterocycles. The number of hydrogen-bond acceptors (Lipinski definition) is 4. The third-order valence-corrected chi connectivity index (χ3v) is 4.68. The Labute approximate surface area is 117 Å². The molecule has 0 aromatic carbocycles. The van der Waals surface area contributed by atoms with Crippen LogP contribution in [0.4, 0.5) is 0 Å². The second kappa shape index (κ2) is 5.86. The molecule has 1 fully saturated rings. The van der Waals surface area contributed by atoms with Crippen molar-refractivity contribution in [1.29, 1.82) is 0 Å². The van der Waals surface area contributed by atoms with E-state index < -0.39 is 0 Å². The lowest BCUT2D eigenvalue weighted by molar-refractivity contribution is 0.0808. The molecule has 0 aliphatic carbocycles. The monoisotopic (exact) mass is 277 g/mol. The summed E-state index contributed by atoms with van der Waals surface area (Å²) in [5, 5.41) is 2.16. The van der Waals surface area contributed by atoms with Crippen LogP contribution in [0.25, 0.3) is 0 Å². The maximum Gasteiger partial charge on any atom is 0.0949 e. The summed E-state index contributed by atoms with van der Waals surface area (Å²) in [6.45, 7) is 3.77. The van der Waals surface area contributed by atoms with Gasteiger partial charge in [0.1, 0.15) is 0 Å². The Balaban J connectivity index is 1.64. The maximum atomic E-state index is 5.13. The summed E-state index contributed by atoms with van der Waals surface area (Å²) < 4.78 is 7.32. The molecular weight excluding hydrogens is 258 g/mol. The van der Waals surface area contributed by atoms with Gasteiger partial charge >= 0.3 is 0 Å². The molecular formula is C14H19N3OS. The van der Waals surface area contributed by atoms with Crippen molar-refractivity contribution in [2.24, 2.45) is 0 Å². The third-order valence-electron chi connectivity index (χ3n) is 3.70. The van der Waals surface area contributed by atoms with Crippen LogP contribution in [-0.4, -0.2) is 34.7 Å². The van der Waals surface area contributed by atoms with Gasteiger partial charge in [0.25, 0.3) is 0 Å². The van der Waals surface area contributed by atoms with Gasteiger partial charge in [-0.15, -0.1) is 11.3 Å². The van der Waals surface area contributed by atoms with E-state index in [0.29, 0.717) is 6.04 Å². The molecule has 1 aliphatic rings. The quantitative estimate of drug-likeness (QED) is 0.813. The van der Waals surface area contributed by atoms with Gasteiger partial charge in [-0.3, -0.25) is 4.90 Å². The number of hydrogen-bond donors (Lipinski definition) is 0. The van der Waals surface area contributed by atoms with Gasteiger partial charge in [0.15, 0.2) is 0 Å². The van der Waals surface area contributed by atoms with Crippen molar-refractivity contribution in [3.05, 3.63) is 40.6 Å². The zero-order valence-electron chi connectivity index (χ0n) is 11.2. The van der Waals surface area contributed by atoms with Crippen molar-refractivity contribution < 1.29 is 4.74 Å². The number of likely N-dealkylation sites (tertiary alicyclic amines) is 1. The molecule has 1 aliphatic heterocycles. The maximum absolute atomic E-state index is 5.13. The van der Waals surface area contributed by atoms with E-state index in [1.54, 1.807) is 7.11 Å². The lowest BCUT2D eigenvalue weighted by atomic mass is 10.0. The number of methoxy groups -OCH3 is 1. The summed E-state index contributed by atoms with van der Waals surface area (Å²) in [6, 6.07) is 4.98. The fourth-order valence-corrected chi connectivity index (χ4v) is 3.41. The van der Waals surface area contributed by atoms with Crippen LogP contribution in [0.5, 0.6) is 0 Å². The number of aromatic nitrogens is 2. The van der Waals surface area contributed by atoms with Gasteiger partial charge < -0.3 is 9.30 Å². The van der Waals surface area contributed by atoms with E-state index in [1.165, 1.54) is 23.5 Å². The molecule has 1 saturated heterocycles. The number of nitrogens with zero attached hydrogens (tertiary/aromatic N) is 3.